The molecule has 0 aliphatic carbocycles. The van der Waals surface area contributed by atoms with Gasteiger partial charge < -0.3 is 9.47 Å². The van der Waals surface area contributed by atoms with Crippen LogP contribution in [0.25, 0.3) is 0 Å². The summed E-state index contributed by atoms with van der Waals surface area (Å²) < 4.78 is 9.89. The first kappa shape index (κ1) is 22.4. The molecule has 0 aromatic heterocycles. The van der Waals surface area contributed by atoms with Crippen LogP contribution >= 0.6 is 0 Å². The predicted molar refractivity (Wildman–Crippen MR) is 97.6 cm³/mol. The molecule has 0 aromatic rings. The van der Waals surface area contributed by atoms with Crippen LogP contribution < -0.4 is 0 Å². The zero-order valence-electron chi connectivity index (χ0n) is 15.5. The predicted octanol–water partition coefficient (Wildman–Crippen LogP) is 4.98. The average Bonchev–Trinajstić information content (AvgIpc) is 2.61. The third-order valence-electron chi connectivity index (χ3n) is 4.43. The molecule has 0 aromatic carbocycles. The molecule has 0 saturated carbocycles. The minimum absolute atomic E-state index is 0.468. The summed E-state index contributed by atoms with van der Waals surface area (Å²) in [4.78, 5) is 24.7. The molecule has 0 spiro atoms. The quantitative estimate of drug-likeness (QED) is 0.183. The number of methoxy groups -OCH3 is 2. The third kappa shape index (κ3) is 7.80. The number of esters is 2. The normalized spacial score (nSPS) is 10.9. The molecule has 0 fully saturated rings. The van der Waals surface area contributed by atoms with E-state index in [4.69, 9.17) is 9.47 Å². The molecular formula is C20H34O4. The van der Waals surface area contributed by atoms with Gasteiger partial charge in [-0.05, 0) is 38.5 Å². The van der Waals surface area contributed by atoms with E-state index in [2.05, 4.69) is 13.2 Å². The van der Waals surface area contributed by atoms with Crippen molar-refractivity contribution in [3.8, 4) is 0 Å². The van der Waals surface area contributed by atoms with Crippen molar-refractivity contribution in [2.45, 2.75) is 70.6 Å². The Hall–Kier alpha value is -1.58. The highest BCUT2D eigenvalue weighted by molar-refractivity contribution is 5.99. The fourth-order valence-electron chi connectivity index (χ4n) is 2.97. The van der Waals surface area contributed by atoms with Crippen molar-refractivity contribution < 1.29 is 19.1 Å². The Morgan fingerprint density at radius 2 is 1.12 bits per heavy atom. The molecule has 0 saturated heterocycles. The number of hydrogen-bond acceptors (Lipinski definition) is 4. The molecular weight excluding hydrogens is 304 g/mol. The van der Waals surface area contributed by atoms with Crippen LogP contribution in [0, 0.1) is 5.41 Å². The molecule has 4 nitrogen and oxygen atoms in total. The lowest BCUT2D eigenvalue weighted by Gasteiger charge is -2.28. The van der Waals surface area contributed by atoms with E-state index in [1.165, 1.54) is 14.2 Å². The van der Waals surface area contributed by atoms with Gasteiger partial charge in [0.25, 0.3) is 0 Å². The molecule has 0 atom stereocenters. The first-order chi connectivity index (χ1) is 11.6. The first-order valence-electron chi connectivity index (χ1n) is 8.97. The molecule has 0 radical (unpaired) electrons. The molecule has 0 aliphatic rings. The molecule has 0 N–H and O–H groups in total. The molecule has 0 heterocycles. The number of carbonyl (C=O) groups is 2. The highest BCUT2D eigenvalue weighted by atomic mass is 16.5. The molecule has 0 rings (SSSR count). The van der Waals surface area contributed by atoms with E-state index in [0.717, 1.165) is 57.8 Å². The first-order valence-corrected chi connectivity index (χ1v) is 8.97. The maximum absolute atomic E-state index is 12.4. The van der Waals surface area contributed by atoms with Crippen LogP contribution in [0.5, 0.6) is 0 Å². The van der Waals surface area contributed by atoms with Crippen LogP contribution in [0.3, 0.4) is 0 Å². The van der Waals surface area contributed by atoms with Gasteiger partial charge in [-0.2, -0.15) is 0 Å². The highest BCUT2D eigenvalue weighted by Crippen LogP contribution is 2.35. The molecule has 0 unspecified atom stereocenters. The topological polar surface area (TPSA) is 52.6 Å². The van der Waals surface area contributed by atoms with E-state index in [9.17, 15) is 9.59 Å². The average molecular weight is 338 g/mol. The van der Waals surface area contributed by atoms with Crippen molar-refractivity contribution in [1.82, 2.24) is 0 Å². The maximum atomic E-state index is 12.4. The Balaban J connectivity index is 4.75. The minimum Gasteiger partial charge on any atom is -0.468 e. The lowest BCUT2D eigenvalue weighted by Crippen LogP contribution is -2.41. The SMILES string of the molecule is C=CCCCCCCC(CCCCCC=C)(C(=O)OC)C(=O)OC. The number of allylic oxidation sites excluding steroid dienone is 2. The van der Waals surface area contributed by atoms with Gasteiger partial charge >= 0.3 is 11.9 Å². The number of ether oxygens (including phenoxy) is 2. The molecule has 24 heavy (non-hydrogen) atoms. The van der Waals surface area contributed by atoms with Crippen molar-refractivity contribution in [3.05, 3.63) is 25.3 Å². The maximum Gasteiger partial charge on any atom is 0.323 e. The molecule has 0 bridgehead atoms. The van der Waals surface area contributed by atoms with Crippen LogP contribution in [0.2, 0.25) is 0 Å². The highest BCUT2D eigenvalue weighted by Gasteiger charge is 2.47. The summed E-state index contributed by atoms with van der Waals surface area (Å²) in [6, 6.07) is 0. The summed E-state index contributed by atoms with van der Waals surface area (Å²) >= 11 is 0. The summed E-state index contributed by atoms with van der Waals surface area (Å²) in [6.07, 6.45) is 13.5. The van der Waals surface area contributed by atoms with Gasteiger partial charge in [-0.15, -0.1) is 13.2 Å². The van der Waals surface area contributed by atoms with Crippen LogP contribution in [0.4, 0.5) is 0 Å². The second kappa shape index (κ2) is 13.8. The van der Waals surface area contributed by atoms with Gasteiger partial charge in [0.2, 0.25) is 0 Å². The molecule has 138 valence electrons. The molecule has 4 heteroatoms. The van der Waals surface area contributed by atoms with Crippen LogP contribution in [-0.4, -0.2) is 26.2 Å². The van der Waals surface area contributed by atoms with Gasteiger partial charge in [-0.3, -0.25) is 9.59 Å². The summed E-state index contributed by atoms with van der Waals surface area (Å²) in [5, 5.41) is 0. The van der Waals surface area contributed by atoms with Gasteiger partial charge in [-0.1, -0.05) is 44.3 Å². The number of carbonyl (C=O) groups excluding carboxylic acids is 2. The summed E-state index contributed by atoms with van der Waals surface area (Å²) in [5.41, 5.74) is -1.16. The zero-order valence-corrected chi connectivity index (χ0v) is 15.5. The van der Waals surface area contributed by atoms with E-state index in [0.29, 0.717) is 12.8 Å². The summed E-state index contributed by atoms with van der Waals surface area (Å²) in [7, 11) is 2.67. The van der Waals surface area contributed by atoms with Gasteiger partial charge in [-0.25, -0.2) is 0 Å². The van der Waals surface area contributed by atoms with Crippen LogP contribution in [-0.2, 0) is 19.1 Å². The summed E-state index contributed by atoms with van der Waals surface area (Å²) in [5.74, 6) is -0.937. The van der Waals surface area contributed by atoms with Gasteiger partial charge in [0.05, 0.1) is 14.2 Å². The van der Waals surface area contributed by atoms with Crippen molar-refractivity contribution in [3.63, 3.8) is 0 Å². The zero-order chi connectivity index (χ0) is 18.3. The van der Waals surface area contributed by atoms with Crippen LogP contribution in [0.1, 0.15) is 70.6 Å². The van der Waals surface area contributed by atoms with Gasteiger partial charge in [0.15, 0.2) is 5.41 Å². The second-order valence-corrected chi connectivity index (χ2v) is 6.19. The third-order valence-corrected chi connectivity index (χ3v) is 4.43. The molecule has 0 aliphatic heterocycles. The monoisotopic (exact) mass is 338 g/mol. The molecule has 0 amide bonds. The van der Waals surface area contributed by atoms with E-state index >= 15 is 0 Å². The standard InChI is InChI=1S/C20H34O4/c1-5-7-9-11-13-15-17-20(18(21)23-3,19(22)24-4)16-14-12-10-8-6-2/h5-6H,1-2,7-17H2,3-4H3. The van der Waals surface area contributed by atoms with E-state index in [-0.39, 0.29) is 0 Å². The Labute approximate surface area is 147 Å². The largest absolute Gasteiger partial charge is 0.468 e. The van der Waals surface area contributed by atoms with E-state index in [1.54, 1.807) is 0 Å². The van der Waals surface area contributed by atoms with Crippen molar-refractivity contribution in [2.24, 2.45) is 5.41 Å². The van der Waals surface area contributed by atoms with E-state index in [1.807, 2.05) is 12.2 Å². The summed E-state index contributed by atoms with van der Waals surface area (Å²) in [6.45, 7) is 7.42. The Morgan fingerprint density at radius 3 is 1.50 bits per heavy atom. The van der Waals surface area contributed by atoms with Crippen molar-refractivity contribution in [2.75, 3.05) is 14.2 Å². The lowest BCUT2D eigenvalue weighted by molar-refractivity contribution is -0.170. The van der Waals surface area contributed by atoms with Crippen molar-refractivity contribution >= 4 is 11.9 Å². The second-order valence-electron chi connectivity index (χ2n) is 6.19. The Morgan fingerprint density at radius 1 is 0.750 bits per heavy atom. The van der Waals surface area contributed by atoms with Crippen molar-refractivity contribution in [1.29, 1.82) is 0 Å². The Bertz CT molecular complexity index is 371. The number of unbranched alkanes of at least 4 members (excludes halogenated alkanes) is 7. The smallest absolute Gasteiger partial charge is 0.323 e. The minimum atomic E-state index is -1.16. The fraction of sp³-hybridized carbons (Fsp3) is 0.700. The number of rotatable bonds is 15. The van der Waals surface area contributed by atoms with Gasteiger partial charge in [0.1, 0.15) is 0 Å². The number of hydrogen-bond donors (Lipinski definition) is 0. The van der Waals surface area contributed by atoms with Gasteiger partial charge in [0, 0.05) is 0 Å². The lowest BCUT2D eigenvalue weighted by atomic mass is 9.77. The van der Waals surface area contributed by atoms with E-state index < -0.39 is 17.4 Å². The fourth-order valence-corrected chi connectivity index (χ4v) is 2.97. The van der Waals surface area contributed by atoms with Crippen LogP contribution in [0.15, 0.2) is 25.3 Å². The Kier molecular flexibility index (Phi) is 12.9.